The minimum atomic E-state index is 0.00652. The van der Waals surface area contributed by atoms with Crippen molar-refractivity contribution in [2.75, 3.05) is 33.3 Å². The molecular weight excluding hydrogens is 338 g/mol. The molecule has 1 aromatic carbocycles. The van der Waals surface area contributed by atoms with E-state index in [2.05, 4.69) is 31.0 Å². The molecule has 0 spiro atoms. The highest BCUT2D eigenvalue weighted by molar-refractivity contribution is 5.74. The summed E-state index contributed by atoms with van der Waals surface area (Å²) < 4.78 is 5.99. The van der Waals surface area contributed by atoms with Crippen molar-refractivity contribution < 1.29 is 9.53 Å². The second-order valence-corrected chi connectivity index (χ2v) is 7.68. The van der Waals surface area contributed by atoms with Crippen molar-refractivity contribution in [2.24, 2.45) is 5.92 Å². The molecule has 0 saturated heterocycles. The first-order valence-corrected chi connectivity index (χ1v) is 10.5. The number of hydrogen-bond acceptors (Lipinski definition) is 3. The fourth-order valence-electron chi connectivity index (χ4n) is 3.83. The van der Waals surface area contributed by atoms with Crippen LogP contribution in [-0.2, 0) is 6.54 Å². The summed E-state index contributed by atoms with van der Waals surface area (Å²) in [7, 11) is 1.92. The van der Waals surface area contributed by atoms with Crippen molar-refractivity contribution in [3.63, 3.8) is 0 Å². The minimum absolute atomic E-state index is 0.00652. The number of likely N-dealkylation sites (N-methyl/N-ethyl adjacent to an activating group) is 1. The van der Waals surface area contributed by atoms with Gasteiger partial charge in [0.05, 0.1) is 0 Å². The molecule has 2 amide bonds. The normalized spacial score (nSPS) is 19.7. The number of nitrogens with zero attached hydrogens (tertiary/aromatic N) is 2. The van der Waals surface area contributed by atoms with E-state index in [1.54, 1.807) is 0 Å². The van der Waals surface area contributed by atoms with Crippen molar-refractivity contribution in [2.45, 2.75) is 59.0 Å². The average Bonchev–Trinajstić information content (AvgIpc) is 2.69. The molecule has 1 N–H and O–H groups in total. The number of ether oxygens (including phenoxy) is 1. The summed E-state index contributed by atoms with van der Waals surface area (Å²) in [6.07, 6.45) is 4.71. The molecule has 2 unspecified atom stereocenters. The Bertz CT molecular complexity index is 574. The number of nitrogens with one attached hydrogen (secondary N) is 1. The molecule has 152 valence electrons. The lowest BCUT2D eigenvalue weighted by atomic mass is 9.86. The van der Waals surface area contributed by atoms with E-state index in [4.69, 9.17) is 4.74 Å². The van der Waals surface area contributed by atoms with Gasteiger partial charge in [-0.2, -0.15) is 0 Å². The summed E-state index contributed by atoms with van der Waals surface area (Å²) in [5.74, 6) is 1.57. The predicted octanol–water partition coefficient (Wildman–Crippen LogP) is 4.13. The van der Waals surface area contributed by atoms with Gasteiger partial charge in [-0.05, 0) is 37.9 Å². The number of amides is 2. The number of carbonyl (C=O) groups excluding carboxylic acids is 1. The van der Waals surface area contributed by atoms with E-state index in [9.17, 15) is 4.79 Å². The molecule has 1 saturated carbocycles. The minimum Gasteiger partial charge on any atom is -0.492 e. The molecule has 27 heavy (non-hydrogen) atoms. The van der Waals surface area contributed by atoms with Gasteiger partial charge >= 0.3 is 6.03 Å². The van der Waals surface area contributed by atoms with Crippen LogP contribution in [-0.4, -0.2) is 55.2 Å². The topological polar surface area (TPSA) is 44.8 Å². The highest BCUT2D eigenvalue weighted by Crippen LogP contribution is 2.26. The molecule has 0 aliphatic heterocycles. The molecule has 5 heteroatoms. The number of benzene rings is 1. The number of hydrogen-bond donors (Lipinski definition) is 1. The Hall–Kier alpha value is -1.75. The summed E-state index contributed by atoms with van der Waals surface area (Å²) in [6.45, 7) is 10.7. The monoisotopic (exact) mass is 375 g/mol. The molecule has 2 rings (SSSR count). The number of rotatable bonds is 9. The molecule has 5 nitrogen and oxygen atoms in total. The average molecular weight is 376 g/mol. The van der Waals surface area contributed by atoms with E-state index in [0.717, 1.165) is 43.8 Å². The summed E-state index contributed by atoms with van der Waals surface area (Å²) in [4.78, 5) is 16.8. The van der Waals surface area contributed by atoms with Gasteiger partial charge in [0.15, 0.2) is 0 Å². The third-order valence-electron chi connectivity index (χ3n) is 5.74. The fraction of sp³-hybridized carbons (Fsp3) is 0.682. The van der Waals surface area contributed by atoms with Gasteiger partial charge in [-0.1, -0.05) is 51.8 Å². The number of urea groups is 1. The largest absolute Gasteiger partial charge is 0.492 e. The van der Waals surface area contributed by atoms with Crippen LogP contribution >= 0.6 is 0 Å². The smallest absolute Gasteiger partial charge is 0.317 e. The van der Waals surface area contributed by atoms with E-state index in [-0.39, 0.29) is 6.03 Å². The van der Waals surface area contributed by atoms with E-state index >= 15 is 0 Å². The maximum absolute atomic E-state index is 12.6. The zero-order chi connectivity index (χ0) is 19.6. The molecule has 1 aliphatic carbocycles. The molecule has 1 fully saturated rings. The van der Waals surface area contributed by atoms with Gasteiger partial charge in [0.2, 0.25) is 0 Å². The fourth-order valence-corrected chi connectivity index (χ4v) is 3.83. The van der Waals surface area contributed by atoms with E-state index in [1.165, 1.54) is 12.8 Å². The first kappa shape index (κ1) is 21.5. The highest BCUT2D eigenvalue weighted by Gasteiger charge is 2.25. The van der Waals surface area contributed by atoms with Crippen LogP contribution in [0.25, 0.3) is 0 Å². The van der Waals surface area contributed by atoms with Crippen LogP contribution in [0, 0.1) is 5.92 Å². The summed E-state index contributed by atoms with van der Waals surface area (Å²) in [6, 6.07) is 8.34. The maximum atomic E-state index is 12.6. The van der Waals surface area contributed by atoms with Gasteiger partial charge in [0, 0.05) is 31.7 Å². The number of carbonyl (C=O) groups is 1. The predicted molar refractivity (Wildman–Crippen MR) is 111 cm³/mol. The summed E-state index contributed by atoms with van der Waals surface area (Å²) in [5.41, 5.74) is 1.02. The SMILES string of the molecule is CCN(CC)CCOc1ccccc1CNC(=O)N(C)C1CCCC(C)C1. The Labute approximate surface area is 165 Å². The Morgan fingerprint density at radius 1 is 1.22 bits per heavy atom. The molecule has 0 bridgehead atoms. The van der Waals surface area contributed by atoms with Gasteiger partial charge in [0.1, 0.15) is 12.4 Å². The molecule has 1 aliphatic rings. The van der Waals surface area contributed by atoms with Crippen LogP contribution in [0.2, 0.25) is 0 Å². The van der Waals surface area contributed by atoms with Crippen molar-refractivity contribution in [3.8, 4) is 5.75 Å². The van der Waals surface area contributed by atoms with E-state index < -0.39 is 0 Å². The lowest BCUT2D eigenvalue weighted by Crippen LogP contribution is -2.45. The Kier molecular flexibility index (Phi) is 8.92. The Balaban J connectivity index is 1.85. The maximum Gasteiger partial charge on any atom is 0.317 e. The first-order valence-electron chi connectivity index (χ1n) is 10.5. The third-order valence-corrected chi connectivity index (χ3v) is 5.74. The molecular formula is C22H37N3O2. The van der Waals surface area contributed by atoms with Gasteiger partial charge in [-0.3, -0.25) is 0 Å². The zero-order valence-electron chi connectivity index (χ0n) is 17.5. The van der Waals surface area contributed by atoms with Crippen LogP contribution in [0.5, 0.6) is 5.75 Å². The van der Waals surface area contributed by atoms with Crippen LogP contribution in [0.15, 0.2) is 24.3 Å². The van der Waals surface area contributed by atoms with Crippen molar-refractivity contribution in [1.82, 2.24) is 15.1 Å². The van der Waals surface area contributed by atoms with Gasteiger partial charge in [0.25, 0.3) is 0 Å². The van der Waals surface area contributed by atoms with Crippen LogP contribution in [0.4, 0.5) is 4.79 Å². The van der Waals surface area contributed by atoms with Crippen molar-refractivity contribution in [1.29, 1.82) is 0 Å². The Morgan fingerprint density at radius 2 is 1.96 bits per heavy atom. The highest BCUT2D eigenvalue weighted by atomic mass is 16.5. The number of para-hydroxylation sites is 1. The molecule has 0 heterocycles. The van der Waals surface area contributed by atoms with Crippen molar-refractivity contribution in [3.05, 3.63) is 29.8 Å². The van der Waals surface area contributed by atoms with Crippen LogP contribution < -0.4 is 10.1 Å². The third kappa shape index (κ3) is 6.73. The van der Waals surface area contributed by atoms with Crippen LogP contribution in [0.3, 0.4) is 0 Å². The second kappa shape index (κ2) is 11.2. The standard InChI is InChI=1S/C22H37N3O2/c1-5-25(6-2)14-15-27-21-13-8-7-11-19(21)17-23-22(26)24(4)20-12-9-10-18(3)16-20/h7-8,11,13,18,20H,5-6,9-10,12,14-17H2,1-4H3,(H,23,26). The Morgan fingerprint density at radius 3 is 2.67 bits per heavy atom. The van der Waals surface area contributed by atoms with Gasteiger partial charge < -0.3 is 19.9 Å². The van der Waals surface area contributed by atoms with Crippen LogP contribution in [0.1, 0.15) is 52.0 Å². The van der Waals surface area contributed by atoms with E-state index in [0.29, 0.717) is 25.1 Å². The van der Waals surface area contributed by atoms with Gasteiger partial charge in [-0.15, -0.1) is 0 Å². The quantitative estimate of drug-likeness (QED) is 0.706. The molecule has 1 aromatic rings. The lowest BCUT2D eigenvalue weighted by Gasteiger charge is -2.34. The zero-order valence-corrected chi connectivity index (χ0v) is 17.5. The summed E-state index contributed by atoms with van der Waals surface area (Å²) >= 11 is 0. The molecule has 2 atom stereocenters. The van der Waals surface area contributed by atoms with Crippen molar-refractivity contribution >= 4 is 6.03 Å². The lowest BCUT2D eigenvalue weighted by molar-refractivity contribution is 0.160. The first-order chi connectivity index (χ1) is 13.0. The second-order valence-electron chi connectivity index (χ2n) is 7.68. The van der Waals surface area contributed by atoms with Gasteiger partial charge in [-0.25, -0.2) is 4.79 Å². The molecule has 0 radical (unpaired) electrons. The molecule has 0 aromatic heterocycles. The summed E-state index contributed by atoms with van der Waals surface area (Å²) in [5, 5.41) is 3.07. The van der Waals surface area contributed by atoms with E-state index in [1.807, 2.05) is 36.2 Å².